The van der Waals surface area contributed by atoms with E-state index in [2.05, 4.69) is 18.2 Å². The van der Waals surface area contributed by atoms with Crippen molar-refractivity contribution in [1.29, 1.82) is 0 Å². The third kappa shape index (κ3) is 2.18. The van der Waals surface area contributed by atoms with E-state index in [1.165, 1.54) is 0 Å². The summed E-state index contributed by atoms with van der Waals surface area (Å²) in [5.74, 6) is 0.135. The Morgan fingerprint density at radius 3 is 2.38 bits per heavy atom. The summed E-state index contributed by atoms with van der Waals surface area (Å²) in [6.45, 7) is 0. The summed E-state index contributed by atoms with van der Waals surface area (Å²) >= 11 is 0. The van der Waals surface area contributed by atoms with Gasteiger partial charge in [0.2, 0.25) is 0 Å². The van der Waals surface area contributed by atoms with E-state index >= 15 is 0 Å². The van der Waals surface area contributed by atoms with Gasteiger partial charge in [0.05, 0.1) is 16.8 Å². The van der Waals surface area contributed by atoms with E-state index in [4.69, 9.17) is 4.98 Å². The van der Waals surface area contributed by atoms with E-state index in [1.807, 2.05) is 48.5 Å². The SMILES string of the molecule is O=C1c2ccccc2-c2c1c(-c1cccc(O)c1)nc1ccc3ccccc3c21. The van der Waals surface area contributed by atoms with Crippen molar-refractivity contribution in [2.24, 2.45) is 0 Å². The van der Waals surface area contributed by atoms with E-state index in [0.29, 0.717) is 16.8 Å². The van der Waals surface area contributed by atoms with E-state index in [9.17, 15) is 9.90 Å². The minimum Gasteiger partial charge on any atom is -0.508 e. The highest BCUT2D eigenvalue weighted by Gasteiger charge is 2.32. The molecule has 4 aromatic carbocycles. The summed E-state index contributed by atoms with van der Waals surface area (Å²) in [6, 6.07) is 26.9. The Kier molecular flexibility index (Phi) is 3.18. The first kappa shape index (κ1) is 16.0. The third-order valence-electron chi connectivity index (χ3n) is 5.66. The number of ketones is 1. The lowest BCUT2D eigenvalue weighted by Crippen LogP contribution is -2.01. The van der Waals surface area contributed by atoms with Crippen LogP contribution in [0.2, 0.25) is 0 Å². The van der Waals surface area contributed by atoms with Crippen molar-refractivity contribution in [3.63, 3.8) is 0 Å². The monoisotopic (exact) mass is 373 g/mol. The van der Waals surface area contributed by atoms with E-state index in [0.717, 1.165) is 38.4 Å². The second-order valence-corrected chi connectivity index (χ2v) is 7.32. The molecule has 136 valence electrons. The number of phenols is 1. The molecule has 0 amide bonds. The van der Waals surface area contributed by atoms with Crippen molar-refractivity contribution < 1.29 is 9.90 Å². The van der Waals surface area contributed by atoms with Crippen molar-refractivity contribution in [2.75, 3.05) is 0 Å². The van der Waals surface area contributed by atoms with Gasteiger partial charge in [0, 0.05) is 22.1 Å². The highest BCUT2D eigenvalue weighted by atomic mass is 16.3. The summed E-state index contributed by atoms with van der Waals surface area (Å²) in [4.78, 5) is 18.4. The second-order valence-electron chi connectivity index (χ2n) is 7.32. The van der Waals surface area contributed by atoms with Gasteiger partial charge < -0.3 is 5.11 Å². The molecule has 1 N–H and O–H groups in total. The lowest BCUT2D eigenvalue weighted by molar-refractivity contribution is 0.104. The molecule has 0 fully saturated rings. The van der Waals surface area contributed by atoms with Gasteiger partial charge in [-0.3, -0.25) is 4.79 Å². The summed E-state index contributed by atoms with van der Waals surface area (Å²) < 4.78 is 0. The number of phenolic OH excluding ortho intramolecular Hbond substituents is 1. The molecule has 3 heteroatoms. The summed E-state index contributed by atoms with van der Waals surface area (Å²) in [7, 11) is 0. The van der Waals surface area contributed by atoms with Crippen LogP contribution in [-0.4, -0.2) is 15.9 Å². The zero-order valence-electron chi connectivity index (χ0n) is 15.4. The molecule has 0 aliphatic heterocycles. The van der Waals surface area contributed by atoms with Crippen LogP contribution in [0.1, 0.15) is 15.9 Å². The minimum absolute atomic E-state index is 0.0173. The molecule has 0 radical (unpaired) electrons. The number of nitrogens with zero attached hydrogens (tertiary/aromatic N) is 1. The fourth-order valence-electron chi connectivity index (χ4n) is 4.42. The van der Waals surface area contributed by atoms with Gasteiger partial charge in [-0.15, -0.1) is 0 Å². The summed E-state index contributed by atoms with van der Waals surface area (Å²) in [5.41, 5.74) is 5.37. The van der Waals surface area contributed by atoms with Crippen LogP contribution in [-0.2, 0) is 0 Å². The van der Waals surface area contributed by atoms with E-state index in [1.54, 1.807) is 18.2 Å². The highest BCUT2D eigenvalue weighted by Crippen LogP contribution is 2.46. The molecule has 5 aromatic rings. The Bertz CT molecular complexity index is 1480. The first-order chi connectivity index (χ1) is 14.2. The molecule has 0 atom stereocenters. The molecule has 1 aliphatic rings. The zero-order valence-corrected chi connectivity index (χ0v) is 15.4. The van der Waals surface area contributed by atoms with Gasteiger partial charge in [0.15, 0.2) is 5.78 Å². The lowest BCUT2D eigenvalue weighted by Gasteiger charge is -2.13. The number of carbonyl (C=O) groups excluding carboxylic acids is 1. The number of aromatic hydroxyl groups is 1. The van der Waals surface area contributed by atoms with Crippen LogP contribution in [0.5, 0.6) is 5.75 Å². The van der Waals surface area contributed by atoms with Crippen molar-refractivity contribution >= 4 is 27.5 Å². The maximum absolute atomic E-state index is 13.4. The average molecular weight is 373 g/mol. The Hall–Kier alpha value is -3.98. The average Bonchev–Trinajstić information content (AvgIpc) is 3.06. The van der Waals surface area contributed by atoms with Gasteiger partial charge >= 0.3 is 0 Å². The predicted molar refractivity (Wildman–Crippen MR) is 115 cm³/mol. The first-order valence-electron chi connectivity index (χ1n) is 9.51. The Morgan fingerprint density at radius 1 is 0.724 bits per heavy atom. The minimum atomic E-state index is -0.0173. The van der Waals surface area contributed by atoms with Crippen molar-refractivity contribution in [3.05, 3.63) is 96.1 Å². The molecule has 0 saturated heterocycles. The number of carbonyl (C=O) groups is 1. The van der Waals surface area contributed by atoms with Crippen LogP contribution in [0.3, 0.4) is 0 Å². The Balaban J connectivity index is 1.85. The van der Waals surface area contributed by atoms with Crippen molar-refractivity contribution in [2.45, 2.75) is 0 Å². The number of benzene rings is 4. The maximum Gasteiger partial charge on any atom is 0.196 e. The van der Waals surface area contributed by atoms with Crippen molar-refractivity contribution in [1.82, 2.24) is 4.98 Å². The predicted octanol–water partition coefficient (Wildman–Crippen LogP) is 5.97. The summed E-state index contributed by atoms with van der Waals surface area (Å²) in [5, 5.41) is 13.2. The molecule has 3 nitrogen and oxygen atoms in total. The van der Waals surface area contributed by atoms with Crippen LogP contribution in [0.4, 0.5) is 0 Å². The van der Waals surface area contributed by atoms with Gasteiger partial charge in [-0.05, 0) is 34.5 Å². The van der Waals surface area contributed by atoms with Crippen molar-refractivity contribution in [3.8, 4) is 28.1 Å². The quantitative estimate of drug-likeness (QED) is 0.361. The molecular weight excluding hydrogens is 358 g/mol. The maximum atomic E-state index is 13.4. The number of aromatic nitrogens is 1. The fourth-order valence-corrected chi connectivity index (χ4v) is 4.42. The number of fused-ring (bicyclic) bond motifs is 7. The van der Waals surface area contributed by atoms with Crippen LogP contribution < -0.4 is 0 Å². The van der Waals surface area contributed by atoms with Crippen LogP contribution in [0.25, 0.3) is 44.1 Å². The highest BCUT2D eigenvalue weighted by molar-refractivity contribution is 6.30. The van der Waals surface area contributed by atoms with Gasteiger partial charge in [0.25, 0.3) is 0 Å². The number of hydrogen-bond acceptors (Lipinski definition) is 3. The number of pyridine rings is 1. The number of rotatable bonds is 1. The molecule has 1 aromatic heterocycles. The molecular formula is C26H15NO2. The molecule has 6 rings (SSSR count). The normalized spacial score (nSPS) is 12.3. The first-order valence-corrected chi connectivity index (χ1v) is 9.51. The molecule has 1 heterocycles. The molecule has 1 aliphatic carbocycles. The largest absolute Gasteiger partial charge is 0.508 e. The Labute approximate surface area is 166 Å². The molecule has 0 bridgehead atoms. The lowest BCUT2D eigenvalue weighted by atomic mass is 9.93. The molecule has 29 heavy (non-hydrogen) atoms. The van der Waals surface area contributed by atoms with Crippen LogP contribution in [0, 0.1) is 0 Å². The second kappa shape index (κ2) is 5.76. The van der Waals surface area contributed by atoms with Gasteiger partial charge in [-0.2, -0.15) is 0 Å². The van der Waals surface area contributed by atoms with E-state index in [-0.39, 0.29) is 11.5 Å². The van der Waals surface area contributed by atoms with E-state index < -0.39 is 0 Å². The third-order valence-corrected chi connectivity index (χ3v) is 5.66. The zero-order chi connectivity index (χ0) is 19.5. The van der Waals surface area contributed by atoms with Crippen LogP contribution >= 0.6 is 0 Å². The van der Waals surface area contributed by atoms with Gasteiger partial charge in [-0.1, -0.05) is 66.7 Å². The molecule has 0 unspecified atom stereocenters. The van der Waals surface area contributed by atoms with Crippen LogP contribution in [0.15, 0.2) is 84.9 Å². The Morgan fingerprint density at radius 2 is 1.52 bits per heavy atom. The molecule has 0 saturated carbocycles. The summed E-state index contributed by atoms with van der Waals surface area (Å²) in [6.07, 6.45) is 0. The standard InChI is InChI=1S/C26H15NO2/c28-17-8-5-7-16(14-17)25-24-23(19-10-3-4-11-20(19)26(24)29)22-18-9-2-1-6-15(18)12-13-21(22)27-25/h1-14,28H. The van der Waals surface area contributed by atoms with Gasteiger partial charge in [0.1, 0.15) is 5.75 Å². The topological polar surface area (TPSA) is 50.2 Å². The fraction of sp³-hybridized carbons (Fsp3) is 0. The van der Waals surface area contributed by atoms with Gasteiger partial charge in [-0.25, -0.2) is 4.98 Å². The number of hydrogen-bond donors (Lipinski definition) is 1. The molecule has 0 spiro atoms. The smallest absolute Gasteiger partial charge is 0.196 e.